The quantitative estimate of drug-likeness (QED) is 0.632. The third-order valence-corrected chi connectivity index (χ3v) is 2.09. The molecule has 0 fully saturated rings. The molecule has 1 aromatic rings. The molecule has 0 spiro atoms. The SMILES string of the molecule is CCOC(=O)/C=C/c1ccc(NC(=O)NC)cc1. The Morgan fingerprint density at radius 1 is 1.28 bits per heavy atom. The van der Waals surface area contributed by atoms with E-state index in [1.54, 1.807) is 44.3 Å². The Kier molecular flexibility index (Phi) is 5.44. The number of carbonyl (C=O) groups is 2. The summed E-state index contributed by atoms with van der Waals surface area (Å²) in [5.74, 6) is -0.370. The van der Waals surface area contributed by atoms with Crippen molar-refractivity contribution in [3.05, 3.63) is 35.9 Å². The fraction of sp³-hybridized carbons (Fsp3) is 0.231. The van der Waals surface area contributed by atoms with E-state index in [0.717, 1.165) is 5.56 Å². The topological polar surface area (TPSA) is 67.4 Å². The van der Waals surface area contributed by atoms with Crippen molar-refractivity contribution in [1.82, 2.24) is 5.32 Å². The van der Waals surface area contributed by atoms with Gasteiger partial charge < -0.3 is 15.4 Å². The Labute approximate surface area is 106 Å². The minimum absolute atomic E-state index is 0.273. The summed E-state index contributed by atoms with van der Waals surface area (Å²) in [5, 5.41) is 5.10. The molecule has 2 amide bonds. The van der Waals surface area contributed by atoms with Crippen LogP contribution in [0, 0.1) is 0 Å². The number of hydrogen-bond acceptors (Lipinski definition) is 3. The number of carbonyl (C=O) groups excluding carboxylic acids is 2. The van der Waals surface area contributed by atoms with Gasteiger partial charge in [0.2, 0.25) is 0 Å². The summed E-state index contributed by atoms with van der Waals surface area (Å²) in [4.78, 5) is 22.1. The molecule has 5 heteroatoms. The van der Waals surface area contributed by atoms with E-state index in [2.05, 4.69) is 10.6 Å². The van der Waals surface area contributed by atoms with Crippen molar-refractivity contribution < 1.29 is 14.3 Å². The highest BCUT2D eigenvalue weighted by Crippen LogP contribution is 2.10. The monoisotopic (exact) mass is 248 g/mol. The number of benzene rings is 1. The highest BCUT2D eigenvalue weighted by molar-refractivity contribution is 5.89. The Morgan fingerprint density at radius 2 is 1.94 bits per heavy atom. The van der Waals surface area contributed by atoms with Gasteiger partial charge >= 0.3 is 12.0 Å². The summed E-state index contributed by atoms with van der Waals surface area (Å²) in [6.07, 6.45) is 3.02. The van der Waals surface area contributed by atoms with Crippen LogP contribution in [0.3, 0.4) is 0 Å². The molecule has 0 aliphatic heterocycles. The molecule has 0 saturated heterocycles. The van der Waals surface area contributed by atoms with Crippen molar-refractivity contribution in [2.45, 2.75) is 6.92 Å². The van der Waals surface area contributed by atoms with E-state index in [1.165, 1.54) is 6.08 Å². The number of ether oxygens (including phenoxy) is 1. The molecule has 2 N–H and O–H groups in total. The first-order valence-electron chi connectivity index (χ1n) is 5.59. The predicted octanol–water partition coefficient (Wildman–Crippen LogP) is 2.01. The molecule has 96 valence electrons. The Bertz CT molecular complexity index is 438. The Morgan fingerprint density at radius 3 is 2.50 bits per heavy atom. The zero-order valence-electron chi connectivity index (χ0n) is 10.4. The number of anilines is 1. The number of nitrogens with one attached hydrogen (secondary N) is 2. The van der Waals surface area contributed by atoms with E-state index in [1.807, 2.05) is 0 Å². The second kappa shape index (κ2) is 7.11. The Hall–Kier alpha value is -2.30. The number of rotatable bonds is 4. The van der Waals surface area contributed by atoms with E-state index >= 15 is 0 Å². The Balaban J connectivity index is 2.60. The third kappa shape index (κ3) is 4.69. The molecule has 1 rings (SSSR count). The van der Waals surface area contributed by atoms with Crippen LogP contribution < -0.4 is 10.6 Å². The zero-order valence-corrected chi connectivity index (χ0v) is 10.4. The molecular formula is C13H16N2O3. The summed E-state index contributed by atoms with van der Waals surface area (Å²) in [6.45, 7) is 2.11. The molecule has 0 radical (unpaired) electrons. The lowest BCUT2D eigenvalue weighted by molar-refractivity contribution is -0.137. The van der Waals surface area contributed by atoms with Crippen LogP contribution in [-0.4, -0.2) is 25.7 Å². The van der Waals surface area contributed by atoms with Crippen LogP contribution in [0.1, 0.15) is 12.5 Å². The van der Waals surface area contributed by atoms with Gasteiger partial charge in [-0.3, -0.25) is 0 Å². The lowest BCUT2D eigenvalue weighted by Gasteiger charge is -2.04. The molecular weight excluding hydrogens is 232 g/mol. The summed E-state index contributed by atoms with van der Waals surface area (Å²) in [6, 6.07) is 6.81. The largest absolute Gasteiger partial charge is 0.463 e. The van der Waals surface area contributed by atoms with Crippen molar-refractivity contribution in [2.24, 2.45) is 0 Å². The van der Waals surface area contributed by atoms with Crippen LogP contribution >= 0.6 is 0 Å². The predicted molar refractivity (Wildman–Crippen MR) is 70.2 cm³/mol. The fourth-order valence-electron chi connectivity index (χ4n) is 1.23. The van der Waals surface area contributed by atoms with Gasteiger partial charge in [0, 0.05) is 18.8 Å². The fourth-order valence-corrected chi connectivity index (χ4v) is 1.23. The van der Waals surface area contributed by atoms with Gasteiger partial charge in [-0.2, -0.15) is 0 Å². The van der Waals surface area contributed by atoms with Crippen LogP contribution in [0.25, 0.3) is 6.08 Å². The summed E-state index contributed by atoms with van der Waals surface area (Å²) >= 11 is 0. The number of esters is 1. The molecule has 1 aromatic carbocycles. The molecule has 0 aliphatic rings. The summed E-state index contributed by atoms with van der Waals surface area (Å²) in [5.41, 5.74) is 1.54. The van der Waals surface area contributed by atoms with E-state index in [0.29, 0.717) is 12.3 Å². The van der Waals surface area contributed by atoms with E-state index in [4.69, 9.17) is 4.74 Å². The van der Waals surface area contributed by atoms with Gasteiger partial charge in [0.25, 0.3) is 0 Å². The maximum atomic E-state index is 11.1. The van der Waals surface area contributed by atoms with Crippen molar-refractivity contribution in [2.75, 3.05) is 19.0 Å². The smallest absolute Gasteiger partial charge is 0.330 e. The maximum absolute atomic E-state index is 11.1. The molecule has 0 atom stereocenters. The van der Waals surface area contributed by atoms with Crippen LogP contribution in [-0.2, 0) is 9.53 Å². The van der Waals surface area contributed by atoms with Crippen LogP contribution in [0.4, 0.5) is 10.5 Å². The molecule has 0 saturated carbocycles. The van der Waals surface area contributed by atoms with Crippen LogP contribution in [0.2, 0.25) is 0 Å². The van der Waals surface area contributed by atoms with Crippen LogP contribution in [0.5, 0.6) is 0 Å². The van der Waals surface area contributed by atoms with Crippen molar-refractivity contribution >= 4 is 23.8 Å². The average molecular weight is 248 g/mol. The highest BCUT2D eigenvalue weighted by Gasteiger charge is 1.98. The molecule has 0 unspecified atom stereocenters. The first-order valence-corrected chi connectivity index (χ1v) is 5.59. The lowest BCUT2D eigenvalue weighted by Crippen LogP contribution is -2.24. The molecule has 0 heterocycles. The van der Waals surface area contributed by atoms with Crippen molar-refractivity contribution in [1.29, 1.82) is 0 Å². The number of hydrogen-bond donors (Lipinski definition) is 2. The molecule has 18 heavy (non-hydrogen) atoms. The highest BCUT2D eigenvalue weighted by atomic mass is 16.5. The molecule has 0 bridgehead atoms. The summed E-state index contributed by atoms with van der Waals surface area (Å²) < 4.78 is 4.76. The van der Waals surface area contributed by atoms with Crippen LogP contribution in [0.15, 0.2) is 30.3 Å². The molecule has 5 nitrogen and oxygen atoms in total. The second-order valence-electron chi connectivity index (χ2n) is 3.41. The van der Waals surface area contributed by atoms with Gasteiger partial charge in [-0.25, -0.2) is 9.59 Å². The van der Waals surface area contributed by atoms with Gasteiger partial charge in [0.15, 0.2) is 0 Å². The normalized spacial score (nSPS) is 10.1. The lowest BCUT2D eigenvalue weighted by atomic mass is 10.2. The first-order chi connectivity index (χ1) is 8.65. The minimum atomic E-state index is -0.370. The zero-order chi connectivity index (χ0) is 13.4. The number of amides is 2. The minimum Gasteiger partial charge on any atom is -0.463 e. The van der Waals surface area contributed by atoms with Crippen molar-refractivity contribution in [3.63, 3.8) is 0 Å². The van der Waals surface area contributed by atoms with Gasteiger partial charge in [0.1, 0.15) is 0 Å². The average Bonchev–Trinajstić information content (AvgIpc) is 2.38. The second-order valence-corrected chi connectivity index (χ2v) is 3.41. The van der Waals surface area contributed by atoms with Gasteiger partial charge in [-0.15, -0.1) is 0 Å². The molecule has 0 aromatic heterocycles. The van der Waals surface area contributed by atoms with Crippen molar-refractivity contribution in [3.8, 4) is 0 Å². The molecule has 0 aliphatic carbocycles. The summed E-state index contributed by atoms with van der Waals surface area (Å²) in [7, 11) is 1.55. The van der Waals surface area contributed by atoms with E-state index in [9.17, 15) is 9.59 Å². The van der Waals surface area contributed by atoms with Gasteiger partial charge in [-0.1, -0.05) is 12.1 Å². The first kappa shape index (κ1) is 13.8. The number of urea groups is 1. The maximum Gasteiger partial charge on any atom is 0.330 e. The van der Waals surface area contributed by atoms with Gasteiger partial charge in [0.05, 0.1) is 6.61 Å². The van der Waals surface area contributed by atoms with E-state index < -0.39 is 0 Å². The third-order valence-electron chi connectivity index (χ3n) is 2.09. The van der Waals surface area contributed by atoms with E-state index in [-0.39, 0.29) is 12.0 Å². The van der Waals surface area contributed by atoms with Gasteiger partial charge in [-0.05, 0) is 30.7 Å². The standard InChI is InChI=1S/C13H16N2O3/c1-3-18-12(16)9-6-10-4-7-11(8-5-10)15-13(17)14-2/h4-9H,3H2,1-2H3,(H2,14,15,17)/b9-6+.